The predicted molar refractivity (Wildman–Crippen MR) is 117 cm³/mol. The zero-order chi connectivity index (χ0) is 19.4. The van der Waals surface area contributed by atoms with E-state index in [4.69, 9.17) is 9.97 Å². The van der Waals surface area contributed by atoms with Crippen LogP contribution in [-0.4, -0.2) is 9.97 Å². The topological polar surface area (TPSA) is 37.8 Å². The fourth-order valence-electron chi connectivity index (χ4n) is 3.89. The van der Waals surface area contributed by atoms with E-state index in [0.29, 0.717) is 0 Å². The zero-order valence-electron chi connectivity index (χ0n) is 15.2. The van der Waals surface area contributed by atoms with Crippen LogP contribution in [0.15, 0.2) is 83.8 Å². The normalized spacial score (nSPS) is 12.4. The van der Waals surface area contributed by atoms with Gasteiger partial charge in [0.1, 0.15) is 11.6 Å². The lowest BCUT2D eigenvalue weighted by Crippen LogP contribution is -2.06. The van der Waals surface area contributed by atoms with E-state index >= 15 is 0 Å². The Labute approximate surface area is 170 Å². The van der Waals surface area contributed by atoms with Gasteiger partial charge >= 0.3 is 0 Å². The first kappa shape index (κ1) is 16.5. The number of rotatable bonds is 1. The van der Waals surface area contributed by atoms with E-state index in [2.05, 4.69) is 22.9 Å². The molecule has 3 nitrogen and oxygen atoms in total. The SMILES string of the molecule is Fc1ccc(-c2c3c(nc4ccccc24)NSc2cc4ccccc4nc2-3)cc1. The number of pyridine rings is 2. The number of anilines is 1. The summed E-state index contributed by atoms with van der Waals surface area (Å²) in [6.07, 6.45) is 0. The van der Waals surface area contributed by atoms with Gasteiger partial charge < -0.3 is 4.72 Å². The number of benzene rings is 3. The largest absolute Gasteiger partial charge is 0.310 e. The van der Waals surface area contributed by atoms with Crippen molar-refractivity contribution in [1.82, 2.24) is 9.97 Å². The number of hydrogen-bond acceptors (Lipinski definition) is 4. The molecule has 0 unspecified atom stereocenters. The number of halogens is 1. The van der Waals surface area contributed by atoms with E-state index in [9.17, 15) is 4.39 Å². The number of nitrogens with zero attached hydrogens (tertiary/aromatic N) is 2. The molecule has 1 N–H and O–H groups in total. The maximum Gasteiger partial charge on any atom is 0.146 e. The highest BCUT2D eigenvalue weighted by Gasteiger charge is 2.26. The Balaban J connectivity index is 1.75. The van der Waals surface area contributed by atoms with Crippen molar-refractivity contribution in [2.24, 2.45) is 0 Å². The number of fused-ring (bicyclic) bond motifs is 5. The molecule has 29 heavy (non-hydrogen) atoms. The minimum atomic E-state index is -0.251. The molecule has 0 bridgehead atoms. The van der Waals surface area contributed by atoms with Crippen molar-refractivity contribution in [2.45, 2.75) is 4.90 Å². The molecule has 5 heteroatoms. The van der Waals surface area contributed by atoms with E-state index in [1.54, 1.807) is 0 Å². The van der Waals surface area contributed by atoms with Crippen molar-refractivity contribution in [3.63, 3.8) is 0 Å². The molecule has 0 amide bonds. The Hall–Kier alpha value is -3.44. The molecular weight excluding hydrogens is 381 g/mol. The molecule has 1 aliphatic heterocycles. The lowest BCUT2D eigenvalue weighted by Gasteiger charge is -2.23. The van der Waals surface area contributed by atoms with Crippen LogP contribution in [0, 0.1) is 5.82 Å². The third kappa shape index (κ3) is 2.58. The molecule has 138 valence electrons. The van der Waals surface area contributed by atoms with Crippen LogP contribution in [0.5, 0.6) is 0 Å². The molecular formula is C24H14FN3S. The Morgan fingerprint density at radius 2 is 1.52 bits per heavy atom. The van der Waals surface area contributed by atoms with E-state index < -0.39 is 0 Å². The second-order valence-electron chi connectivity index (χ2n) is 6.97. The molecule has 0 atom stereocenters. The van der Waals surface area contributed by atoms with Crippen LogP contribution in [-0.2, 0) is 0 Å². The van der Waals surface area contributed by atoms with E-state index in [0.717, 1.165) is 54.9 Å². The highest BCUT2D eigenvalue weighted by atomic mass is 32.2. The lowest BCUT2D eigenvalue weighted by atomic mass is 9.93. The van der Waals surface area contributed by atoms with Crippen molar-refractivity contribution in [1.29, 1.82) is 0 Å². The molecule has 6 rings (SSSR count). The van der Waals surface area contributed by atoms with Gasteiger partial charge in [-0.05, 0) is 47.8 Å². The molecule has 0 spiro atoms. The quantitative estimate of drug-likeness (QED) is 0.321. The van der Waals surface area contributed by atoms with Crippen molar-refractivity contribution in [2.75, 3.05) is 4.72 Å². The minimum absolute atomic E-state index is 0.251. The second-order valence-corrected chi connectivity index (χ2v) is 7.81. The lowest BCUT2D eigenvalue weighted by molar-refractivity contribution is 0.628. The van der Waals surface area contributed by atoms with Gasteiger partial charge in [0.15, 0.2) is 0 Å². The summed E-state index contributed by atoms with van der Waals surface area (Å²) in [6, 6.07) is 24.9. The average molecular weight is 395 g/mol. The molecule has 1 aliphatic rings. The number of aromatic nitrogens is 2. The molecule has 0 fully saturated rings. The van der Waals surface area contributed by atoms with Gasteiger partial charge in [0.2, 0.25) is 0 Å². The average Bonchev–Trinajstić information content (AvgIpc) is 2.77. The molecule has 2 aromatic heterocycles. The first-order valence-electron chi connectivity index (χ1n) is 9.30. The number of hydrogen-bond donors (Lipinski definition) is 1. The third-order valence-corrected chi connectivity index (χ3v) is 6.04. The molecule has 0 aliphatic carbocycles. The summed E-state index contributed by atoms with van der Waals surface area (Å²) in [5.41, 5.74) is 5.65. The Bertz CT molecular complexity index is 1410. The maximum atomic E-state index is 13.6. The van der Waals surface area contributed by atoms with Gasteiger partial charge in [-0.1, -0.05) is 48.5 Å². The van der Waals surface area contributed by atoms with Crippen LogP contribution < -0.4 is 4.72 Å². The van der Waals surface area contributed by atoms with Crippen molar-refractivity contribution in [3.8, 4) is 22.4 Å². The summed E-state index contributed by atoms with van der Waals surface area (Å²) in [7, 11) is 0. The van der Waals surface area contributed by atoms with Crippen molar-refractivity contribution in [3.05, 3.63) is 84.7 Å². The smallest absolute Gasteiger partial charge is 0.146 e. The van der Waals surface area contributed by atoms with Crippen molar-refractivity contribution >= 4 is 39.6 Å². The maximum absolute atomic E-state index is 13.6. The van der Waals surface area contributed by atoms with Gasteiger partial charge in [-0.3, -0.25) is 0 Å². The van der Waals surface area contributed by atoms with Crippen LogP contribution in [0.25, 0.3) is 44.2 Å². The summed E-state index contributed by atoms with van der Waals surface area (Å²) in [5, 5.41) is 2.12. The third-order valence-electron chi connectivity index (χ3n) is 5.21. The second kappa shape index (κ2) is 6.29. The fourth-order valence-corrected chi connectivity index (χ4v) is 4.67. The first-order chi connectivity index (χ1) is 14.3. The van der Waals surface area contributed by atoms with Gasteiger partial charge in [0.25, 0.3) is 0 Å². The van der Waals surface area contributed by atoms with Gasteiger partial charge in [0, 0.05) is 16.3 Å². The monoisotopic (exact) mass is 395 g/mol. The van der Waals surface area contributed by atoms with Crippen molar-refractivity contribution < 1.29 is 4.39 Å². The van der Waals surface area contributed by atoms with E-state index in [1.165, 1.54) is 24.1 Å². The Morgan fingerprint density at radius 1 is 0.759 bits per heavy atom. The van der Waals surface area contributed by atoms with Gasteiger partial charge in [0.05, 0.1) is 27.2 Å². The summed E-state index contributed by atoms with van der Waals surface area (Å²) < 4.78 is 17.0. The van der Waals surface area contributed by atoms with E-state index in [-0.39, 0.29) is 5.82 Å². The highest BCUT2D eigenvalue weighted by molar-refractivity contribution is 8.00. The van der Waals surface area contributed by atoms with Crippen LogP contribution in [0.4, 0.5) is 10.2 Å². The first-order valence-corrected chi connectivity index (χ1v) is 10.1. The molecule has 5 aromatic rings. The molecule has 3 aromatic carbocycles. The van der Waals surface area contributed by atoms with E-state index in [1.807, 2.05) is 48.5 Å². The fraction of sp³-hybridized carbons (Fsp3) is 0. The highest BCUT2D eigenvalue weighted by Crippen LogP contribution is 2.48. The minimum Gasteiger partial charge on any atom is -0.310 e. The Kier molecular flexibility index (Phi) is 3.58. The Morgan fingerprint density at radius 3 is 2.38 bits per heavy atom. The van der Waals surface area contributed by atoms with Crippen LogP contribution >= 0.6 is 11.9 Å². The van der Waals surface area contributed by atoms with Gasteiger partial charge in [-0.2, -0.15) is 0 Å². The van der Waals surface area contributed by atoms with Crippen LogP contribution in [0.2, 0.25) is 0 Å². The van der Waals surface area contributed by atoms with Crippen LogP contribution in [0.3, 0.4) is 0 Å². The summed E-state index contributed by atoms with van der Waals surface area (Å²) >= 11 is 1.53. The number of nitrogens with one attached hydrogen (secondary N) is 1. The molecule has 0 saturated heterocycles. The molecule has 3 heterocycles. The van der Waals surface area contributed by atoms with Gasteiger partial charge in [-0.15, -0.1) is 0 Å². The summed E-state index contributed by atoms with van der Waals surface area (Å²) in [5.74, 6) is 0.530. The molecule has 0 radical (unpaired) electrons. The summed E-state index contributed by atoms with van der Waals surface area (Å²) in [6.45, 7) is 0. The predicted octanol–water partition coefficient (Wildman–Crippen LogP) is 6.69. The van der Waals surface area contributed by atoms with Crippen LogP contribution in [0.1, 0.15) is 0 Å². The molecule has 0 saturated carbocycles. The zero-order valence-corrected chi connectivity index (χ0v) is 16.0. The van der Waals surface area contributed by atoms with Gasteiger partial charge in [-0.25, -0.2) is 14.4 Å². The number of para-hydroxylation sites is 2. The summed E-state index contributed by atoms with van der Waals surface area (Å²) in [4.78, 5) is 10.9. The standard InChI is InChI=1S/C24H14FN3S/c25-16-11-9-14(10-12-16)21-17-6-2-4-8-19(17)27-24-22(21)23-20(29-28-24)13-15-5-1-3-7-18(15)26-23/h1-13H,(H,27,28).